The number of H-pyrrole nitrogens is 1. The van der Waals surface area contributed by atoms with E-state index in [1.807, 2.05) is 24.3 Å². The van der Waals surface area contributed by atoms with Crippen LogP contribution >= 0.6 is 0 Å². The lowest BCUT2D eigenvalue weighted by Gasteiger charge is -2.02. The Morgan fingerprint density at radius 2 is 1.91 bits per heavy atom. The first-order valence-electron chi connectivity index (χ1n) is 7.16. The van der Waals surface area contributed by atoms with Gasteiger partial charge in [0.15, 0.2) is 5.78 Å². The normalized spacial score (nSPS) is 11.0. The third kappa shape index (κ3) is 3.07. The summed E-state index contributed by atoms with van der Waals surface area (Å²) >= 11 is 0. The van der Waals surface area contributed by atoms with Crippen LogP contribution in [-0.2, 0) is 13.0 Å². The smallest absolute Gasteiger partial charge is 0.179 e. The van der Waals surface area contributed by atoms with Crippen LogP contribution in [-0.4, -0.2) is 15.9 Å². The minimum atomic E-state index is -0.314. The third-order valence-corrected chi connectivity index (χ3v) is 3.70. The van der Waals surface area contributed by atoms with Gasteiger partial charge in [0.25, 0.3) is 0 Å². The fraction of sp³-hybridized carbons (Fsp3) is 0.167. The van der Waals surface area contributed by atoms with Gasteiger partial charge in [-0.25, -0.2) is 4.39 Å². The van der Waals surface area contributed by atoms with Gasteiger partial charge in [0.1, 0.15) is 5.82 Å². The summed E-state index contributed by atoms with van der Waals surface area (Å²) in [4.78, 5) is 15.3. The topological polar surface area (TPSA) is 53.1 Å². The molecule has 2 N–H and O–H groups in total. The van der Waals surface area contributed by atoms with Crippen LogP contribution in [0, 0.1) is 5.82 Å². The molecule has 2 aromatic carbocycles. The van der Waals surface area contributed by atoms with Gasteiger partial charge in [0, 0.05) is 17.3 Å². The molecule has 3 aromatic rings. The van der Waals surface area contributed by atoms with Crippen molar-refractivity contribution in [1.29, 1.82) is 0 Å². The molecule has 0 aliphatic carbocycles. The standard InChI is InChI=1S/C18H16FNO2/c19-15-5-6-16-14(9-15)10-17(20-16)18(22)7-4-12-2-1-3-13(8-12)11-21/h1-3,5-6,8-10,20-21H,4,7,11H2. The van der Waals surface area contributed by atoms with Gasteiger partial charge in [0.05, 0.1) is 12.3 Å². The fourth-order valence-electron chi connectivity index (χ4n) is 2.53. The van der Waals surface area contributed by atoms with Crippen LogP contribution in [0.2, 0.25) is 0 Å². The molecule has 0 spiro atoms. The number of halogens is 1. The van der Waals surface area contributed by atoms with E-state index in [-0.39, 0.29) is 18.2 Å². The molecule has 0 atom stereocenters. The number of aromatic amines is 1. The molecule has 0 saturated heterocycles. The number of aryl methyl sites for hydroxylation is 1. The van der Waals surface area contributed by atoms with E-state index in [9.17, 15) is 9.18 Å². The number of Topliss-reactive ketones (excluding diaryl/α,β-unsaturated/α-hetero) is 1. The SMILES string of the molecule is O=C(CCc1cccc(CO)c1)c1cc2cc(F)ccc2[nH]1. The Hall–Kier alpha value is -2.46. The summed E-state index contributed by atoms with van der Waals surface area (Å²) < 4.78 is 13.2. The minimum absolute atomic E-state index is 0.00459. The highest BCUT2D eigenvalue weighted by Crippen LogP contribution is 2.18. The monoisotopic (exact) mass is 297 g/mol. The Bertz CT molecular complexity index is 823. The number of ketones is 1. The number of benzene rings is 2. The molecule has 3 rings (SSSR count). The molecule has 112 valence electrons. The van der Waals surface area contributed by atoms with Gasteiger partial charge < -0.3 is 10.1 Å². The zero-order chi connectivity index (χ0) is 15.5. The molecule has 0 fully saturated rings. The fourth-order valence-corrected chi connectivity index (χ4v) is 2.53. The van der Waals surface area contributed by atoms with E-state index in [1.165, 1.54) is 12.1 Å². The number of aliphatic hydroxyl groups excluding tert-OH is 1. The summed E-state index contributed by atoms with van der Waals surface area (Å²) in [6.07, 6.45) is 0.973. The van der Waals surface area contributed by atoms with E-state index in [1.54, 1.807) is 12.1 Å². The van der Waals surface area contributed by atoms with Crippen molar-refractivity contribution in [1.82, 2.24) is 4.98 Å². The Morgan fingerprint density at radius 1 is 1.09 bits per heavy atom. The van der Waals surface area contributed by atoms with Crippen LogP contribution < -0.4 is 0 Å². The van der Waals surface area contributed by atoms with Gasteiger partial charge in [-0.3, -0.25) is 4.79 Å². The van der Waals surface area contributed by atoms with E-state index in [2.05, 4.69) is 4.98 Å². The molecule has 0 aliphatic heterocycles. The molecule has 0 bridgehead atoms. The van der Waals surface area contributed by atoms with Crippen LogP contribution in [0.3, 0.4) is 0 Å². The molecule has 1 heterocycles. The quantitative estimate of drug-likeness (QED) is 0.707. The van der Waals surface area contributed by atoms with Crippen LogP contribution in [0.1, 0.15) is 28.0 Å². The predicted molar refractivity (Wildman–Crippen MR) is 83.3 cm³/mol. The highest BCUT2D eigenvalue weighted by Gasteiger charge is 2.10. The van der Waals surface area contributed by atoms with Crippen molar-refractivity contribution in [3.8, 4) is 0 Å². The van der Waals surface area contributed by atoms with Crippen LogP contribution in [0.25, 0.3) is 10.9 Å². The summed E-state index contributed by atoms with van der Waals surface area (Å²) in [7, 11) is 0. The molecule has 0 saturated carbocycles. The minimum Gasteiger partial charge on any atom is -0.392 e. The summed E-state index contributed by atoms with van der Waals surface area (Å²) in [6, 6.07) is 13.6. The second-order valence-electron chi connectivity index (χ2n) is 5.32. The van der Waals surface area contributed by atoms with Gasteiger partial charge >= 0.3 is 0 Å². The molecular formula is C18H16FNO2. The molecule has 22 heavy (non-hydrogen) atoms. The number of aromatic nitrogens is 1. The zero-order valence-electron chi connectivity index (χ0n) is 12.0. The number of carbonyl (C=O) groups excluding carboxylic acids is 1. The summed E-state index contributed by atoms with van der Waals surface area (Å²) in [6.45, 7) is -0.00459. The van der Waals surface area contributed by atoms with Crippen LogP contribution in [0.4, 0.5) is 4.39 Å². The van der Waals surface area contributed by atoms with Crippen LogP contribution in [0.5, 0.6) is 0 Å². The highest BCUT2D eigenvalue weighted by atomic mass is 19.1. The van der Waals surface area contributed by atoms with Crippen molar-refractivity contribution in [3.05, 3.63) is 71.2 Å². The van der Waals surface area contributed by atoms with Crippen molar-refractivity contribution in [2.24, 2.45) is 0 Å². The van der Waals surface area contributed by atoms with E-state index < -0.39 is 0 Å². The van der Waals surface area contributed by atoms with Crippen molar-refractivity contribution >= 4 is 16.7 Å². The van der Waals surface area contributed by atoms with E-state index in [0.29, 0.717) is 23.9 Å². The largest absolute Gasteiger partial charge is 0.392 e. The molecular weight excluding hydrogens is 281 g/mol. The van der Waals surface area contributed by atoms with Gasteiger partial charge in [-0.1, -0.05) is 24.3 Å². The summed E-state index contributed by atoms with van der Waals surface area (Å²) in [5, 5.41) is 9.82. The van der Waals surface area contributed by atoms with Gasteiger partial charge in [-0.2, -0.15) is 0 Å². The maximum absolute atomic E-state index is 13.2. The number of aliphatic hydroxyl groups is 1. The molecule has 0 aliphatic rings. The Morgan fingerprint density at radius 3 is 2.73 bits per heavy atom. The Kier molecular flexibility index (Phi) is 4.02. The van der Waals surface area contributed by atoms with Gasteiger partial charge in [-0.05, 0) is 41.8 Å². The highest BCUT2D eigenvalue weighted by molar-refractivity contribution is 5.99. The number of fused-ring (bicyclic) bond motifs is 1. The van der Waals surface area contributed by atoms with Crippen molar-refractivity contribution < 1.29 is 14.3 Å². The van der Waals surface area contributed by atoms with Crippen LogP contribution in [0.15, 0.2) is 48.5 Å². The van der Waals surface area contributed by atoms with E-state index in [4.69, 9.17) is 5.11 Å². The molecule has 1 aromatic heterocycles. The molecule has 0 amide bonds. The van der Waals surface area contributed by atoms with Gasteiger partial charge in [0.2, 0.25) is 0 Å². The lowest BCUT2D eigenvalue weighted by molar-refractivity contribution is 0.0979. The van der Waals surface area contributed by atoms with Crippen molar-refractivity contribution in [2.45, 2.75) is 19.4 Å². The lowest BCUT2D eigenvalue weighted by Crippen LogP contribution is -2.01. The van der Waals surface area contributed by atoms with E-state index in [0.717, 1.165) is 16.6 Å². The number of hydrogen-bond acceptors (Lipinski definition) is 2. The maximum atomic E-state index is 13.2. The van der Waals surface area contributed by atoms with E-state index >= 15 is 0 Å². The Balaban J connectivity index is 1.72. The third-order valence-electron chi connectivity index (χ3n) is 3.70. The number of hydrogen-bond donors (Lipinski definition) is 2. The first-order chi connectivity index (χ1) is 10.7. The lowest BCUT2D eigenvalue weighted by atomic mass is 10.0. The molecule has 3 nitrogen and oxygen atoms in total. The zero-order valence-corrected chi connectivity index (χ0v) is 12.0. The molecule has 4 heteroatoms. The summed E-state index contributed by atoms with van der Waals surface area (Å²) in [5.74, 6) is -0.322. The molecule has 0 unspecified atom stereocenters. The average molecular weight is 297 g/mol. The molecule has 0 radical (unpaired) electrons. The average Bonchev–Trinajstić information content (AvgIpc) is 2.96. The van der Waals surface area contributed by atoms with Crippen molar-refractivity contribution in [3.63, 3.8) is 0 Å². The van der Waals surface area contributed by atoms with Crippen molar-refractivity contribution in [2.75, 3.05) is 0 Å². The second-order valence-corrected chi connectivity index (χ2v) is 5.32. The predicted octanol–water partition coefficient (Wildman–Crippen LogP) is 3.61. The number of nitrogens with one attached hydrogen (secondary N) is 1. The second kappa shape index (κ2) is 6.12. The first-order valence-corrected chi connectivity index (χ1v) is 7.16. The maximum Gasteiger partial charge on any atom is 0.179 e. The Labute approximate surface area is 127 Å². The number of carbonyl (C=O) groups is 1. The number of rotatable bonds is 5. The summed E-state index contributed by atoms with van der Waals surface area (Å²) in [5.41, 5.74) is 3.11. The van der Waals surface area contributed by atoms with Gasteiger partial charge in [-0.15, -0.1) is 0 Å². The first kappa shape index (κ1) is 14.5.